The van der Waals surface area contributed by atoms with Crippen LogP contribution in [0.5, 0.6) is 0 Å². The lowest BCUT2D eigenvalue weighted by Crippen LogP contribution is -2.18. The van der Waals surface area contributed by atoms with Gasteiger partial charge in [0.15, 0.2) is 0 Å². The van der Waals surface area contributed by atoms with E-state index in [1.54, 1.807) is 0 Å². The zero-order chi connectivity index (χ0) is 15.7. The number of rotatable bonds is 3. The van der Waals surface area contributed by atoms with Gasteiger partial charge in [-0.3, -0.25) is 5.41 Å². The molecule has 0 amide bonds. The fourth-order valence-electron chi connectivity index (χ4n) is 3.35. The lowest BCUT2D eigenvalue weighted by molar-refractivity contribution is 1.19. The standard InChI is InChI=1S/C19H24N2/c1-12-7-14(3)18(15(4)8-12)21(11-20)19-16(5)9-13(2)10-17(19)6/h7-11,20H,1-6H3. The molecular weight excluding hydrogens is 256 g/mol. The van der Waals surface area contributed by atoms with Gasteiger partial charge in [-0.15, -0.1) is 0 Å². The molecule has 0 bridgehead atoms. The summed E-state index contributed by atoms with van der Waals surface area (Å²) in [5.74, 6) is 0. The van der Waals surface area contributed by atoms with E-state index in [0.29, 0.717) is 0 Å². The quantitative estimate of drug-likeness (QED) is 0.601. The fraction of sp³-hybridized carbons (Fsp3) is 0.316. The summed E-state index contributed by atoms with van der Waals surface area (Å²) >= 11 is 0. The van der Waals surface area contributed by atoms with Gasteiger partial charge in [0.25, 0.3) is 0 Å². The maximum atomic E-state index is 7.93. The highest BCUT2D eigenvalue weighted by molar-refractivity contribution is 5.92. The predicted molar refractivity (Wildman–Crippen MR) is 92.2 cm³/mol. The van der Waals surface area contributed by atoms with Crippen molar-refractivity contribution in [3.63, 3.8) is 0 Å². The van der Waals surface area contributed by atoms with E-state index in [2.05, 4.69) is 65.8 Å². The van der Waals surface area contributed by atoms with Crippen molar-refractivity contribution in [1.29, 1.82) is 5.41 Å². The predicted octanol–water partition coefficient (Wildman–Crippen LogP) is 5.28. The Morgan fingerprint density at radius 1 is 0.667 bits per heavy atom. The van der Waals surface area contributed by atoms with Gasteiger partial charge in [0, 0.05) is 0 Å². The summed E-state index contributed by atoms with van der Waals surface area (Å²) in [4.78, 5) is 2.01. The van der Waals surface area contributed by atoms with Crippen molar-refractivity contribution in [3.05, 3.63) is 57.6 Å². The van der Waals surface area contributed by atoms with Crippen LogP contribution in [0.4, 0.5) is 11.4 Å². The van der Waals surface area contributed by atoms with Gasteiger partial charge in [0.2, 0.25) is 0 Å². The molecule has 0 radical (unpaired) electrons. The highest BCUT2D eigenvalue weighted by Gasteiger charge is 2.17. The van der Waals surface area contributed by atoms with Crippen molar-refractivity contribution in [2.75, 3.05) is 4.90 Å². The Labute approximate surface area is 127 Å². The smallest absolute Gasteiger partial charge is 0.0908 e. The Morgan fingerprint density at radius 3 is 1.19 bits per heavy atom. The topological polar surface area (TPSA) is 27.1 Å². The van der Waals surface area contributed by atoms with Crippen molar-refractivity contribution >= 4 is 17.7 Å². The molecule has 0 saturated carbocycles. The first-order valence-corrected chi connectivity index (χ1v) is 7.30. The zero-order valence-electron chi connectivity index (χ0n) is 13.8. The Morgan fingerprint density at radius 2 is 0.952 bits per heavy atom. The molecule has 0 aliphatic rings. The first kappa shape index (κ1) is 15.3. The molecule has 0 saturated heterocycles. The third kappa shape index (κ3) is 2.85. The second-order valence-corrected chi connectivity index (χ2v) is 5.99. The third-order valence-electron chi connectivity index (χ3n) is 3.88. The van der Waals surface area contributed by atoms with Gasteiger partial charge in [-0.25, -0.2) is 0 Å². The number of benzene rings is 2. The molecule has 1 N–H and O–H groups in total. The molecule has 2 rings (SSSR count). The van der Waals surface area contributed by atoms with E-state index in [-0.39, 0.29) is 0 Å². The Balaban J connectivity index is 2.69. The number of hydrogen-bond donors (Lipinski definition) is 1. The van der Waals surface area contributed by atoms with Crippen LogP contribution >= 0.6 is 0 Å². The molecule has 0 unspecified atom stereocenters. The summed E-state index contributed by atoms with van der Waals surface area (Å²) in [6.45, 7) is 12.7. The molecule has 2 nitrogen and oxygen atoms in total. The van der Waals surface area contributed by atoms with Crippen molar-refractivity contribution < 1.29 is 0 Å². The Kier molecular flexibility index (Phi) is 4.17. The number of nitrogens with one attached hydrogen (secondary N) is 1. The molecule has 0 aliphatic heterocycles. The van der Waals surface area contributed by atoms with E-state index in [1.165, 1.54) is 39.7 Å². The number of nitrogens with zero attached hydrogens (tertiary/aromatic N) is 1. The summed E-state index contributed by atoms with van der Waals surface area (Å²) in [5.41, 5.74) is 9.57. The molecule has 0 aromatic heterocycles. The summed E-state index contributed by atoms with van der Waals surface area (Å²) < 4.78 is 0. The fourth-order valence-corrected chi connectivity index (χ4v) is 3.35. The van der Waals surface area contributed by atoms with Crippen molar-refractivity contribution in [2.24, 2.45) is 0 Å². The molecule has 110 valence electrons. The second-order valence-electron chi connectivity index (χ2n) is 5.99. The largest absolute Gasteiger partial charge is 0.301 e. The molecule has 0 atom stereocenters. The Bertz CT molecular complexity index is 595. The maximum Gasteiger partial charge on any atom is 0.0908 e. The van der Waals surface area contributed by atoms with Crippen molar-refractivity contribution in [1.82, 2.24) is 0 Å². The molecule has 0 fully saturated rings. The minimum Gasteiger partial charge on any atom is -0.301 e. The van der Waals surface area contributed by atoms with Crippen LogP contribution in [-0.2, 0) is 0 Å². The first-order chi connectivity index (χ1) is 9.85. The molecule has 2 aromatic carbocycles. The van der Waals surface area contributed by atoms with Gasteiger partial charge in [0.05, 0.1) is 17.7 Å². The van der Waals surface area contributed by atoms with E-state index in [9.17, 15) is 0 Å². The van der Waals surface area contributed by atoms with E-state index in [1.807, 2.05) is 4.90 Å². The van der Waals surface area contributed by atoms with Crippen molar-refractivity contribution in [2.45, 2.75) is 41.5 Å². The van der Waals surface area contributed by atoms with E-state index >= 15 is 0 Å². The second kappa shape index (κ2) is 5.72. The van der Waals surface area contributed by atoms with Crippen LogP contribution in [0.2, 0.25) is 0 Å². The number of hydrogen-bond acceptors (Lipinski definition) is 1. The van der Waals surface area contributed by atoms with Gasteiger partial charge < -0.3 is 4.90 Å². The molecule has 0 spiro atoms. The first-order valence-electron chi connectivity index (χ1n) is 7.30. The number of aryl methyl sites for hydroxylation is 6. The molecule has 0 heterocycles. The van der Waals surface area contributed by atoms with Crippen molar-refractivity contribution in [3.8, 4) is 0 Å². The average Bonchev–Trinajstić information content (AvgIpc) is 2.34. The summed E-state index contributed by atoms with van der Waals surface area (Å²) in [5, 5.41) is 7.93. The highest BCUT2D eigenvalue weighted by Crippen LogP contribution is 2.35. The zero-order valence-corrected chi connectivity index (χ0v) is 13.8. The third-order valence-corrected chi connectivity index (χ3v) is 3.88. The van der Waals surface area contributed by atoms with Gasteiger partial charge in [-0.1, -0.05) is 35.4 Å². The van der Waals surface area contributed by atoms with Crippen LogP contribution < -0.4 is 4.90 Å². The Hall–Kier alpha value is -2.09. The SMILES string of the molecule is Cc1cc(C)c(N(C=N)c2c(C)cc(C)cc2C)c(C)c1. The molecular formula is C19H24N2. The number of anilines is 2. The minimum atomic E-state index is 1.12. The molecule has 21 heavy (non-hydrogen) atoms. The van der Waals surface area contributed by atoms with Crippen LogP contribution in [0.15, 0.2) is 24.3 Å². The van der Waals surface area contributed by atoms with Gasteiger partial charge >= 0.3 is 0 Å². The van der Waals surface area contributed by atoms with Crippen LogP contribution in [-0.4, -0.2) is 6.34 Å². The van der Waals surface area contributed by atoms with Gasteiger partial charge in [0.1, 0.15) is 0 Å². The lowest BCUT2D eigenvalue weighted by Gasteiger charge is -2.27. The molecule has 0 aliphatic carbocycles. The van der Waals surface area contributed by atoms with Crippen LogP contribution in [0.1, 0.15) is 33.4 Å². The average molecular weight is 280 g/mol. The van der Waals surface area contributed by atoms with E-state index < -0.39 is 0 Å². The van der Waals surface area contributed by atoms with E-state index in [0.717, 1.165) is 11.4 Å². The molecule has 2 heteroatoms. The highest BCUT2D eigenvalue weighted by atomic mass is 15.1. The molecule has 2 aromatic rings. The summed E-state index contributed by atoms with van der Waals surface area (Å²) in [6.07, 6.45) is 1.43. The van der Waals surface area contributed by atoms with Gasteiger partial charge in [-0.2, -0.15) is 0 Å². The van der Waals surface area contributed by atoms with Crippen LogP contribution in [0.3, 0.4) is 0 Å². The minimum absolute atomic E-state index is 1.12. The van der Waals surface area contributed by atoms with Gasteiger partial charge in [-0.05, 0) is 63.8 Å². The van der Waals surface area contributed by atoms with Crippen LogP contribution in [0.25, 0.3) is 0 Å². The normalized spacial score (nSPS) is 10.6. The maximum absolute atomic E-state index is 7.93. The summed E-state index contributed by atoms with van der Waals surface area (Å²) in [6, 6.07) is 8.71. The monoisotopic (exact) mass is 280 g/mol. The lowest BCUT2D eigenvalue weighted by atomic mass is 10.0. The van der Waals surface area contributed by atoms with Crippen LogP contribution in [0, 0.1) is 47.0 Å². The summed E-state index contributed by atoms with van der Waals surface area (Å²) in [7, 11) is 0. The van der Waals surface area contributed by atoms with E-state index in [4.69, 9.17) is 5.41 Å².